The average Bonchev–Trinajstić information content (AvgIpc) is 2.22. The fourth-order valence-electron chi connectivity index (χ4n) is 1.64. The Morgan fingerprint density at radius 1 is 1.50 bits per heavy atom. The predicted molar refractivity (Wildman–Crippen MR) is 66.2 cm³/mol. The lowest BCUT2D eigenvalue weighted by Crippen LogP contribution is -2.40. The highest BCUT2D eigenvalue weighted by Gasteiger charge is 2.18. The van der Waals surface area contributed by atoms with Crippen LogP contribution in [0.15, 0.2) is 11.1 Å². The lowest BCUT2D eigenvalue weighted by Gasteiger charge is -2.22. The van der Waals surface area contributed by atoms with Crippen molar-refractivity contribution in [3.63, 3.8) is 0 Å². The molecule has 3 N–H and O–H groups in total. The number of carbonyl (C=O) groups excluding carboxylic acids is 1. The summed E-state index contributed by atoms with van der Waals surface area (Å²) in [6, 6.07) is 0. The summed E-state index contributed by atoms with van der Waals surface area (Å²) >= 11 is 0. The van der Waals surface area contributed by atoms with Gasteiger partial charge < -0.3 is 20.5 Å². The number of ether oxygens (including phenoxy) is 1. The van der Waals surface area contributed by atoms with Crippen molar-refractivity contribution in [2.45, 2.75) is 26.4 Å². The summed E-state index contributed by atoms with van der Waals surface area (Å²) < 4.78 is 5.26. The zero-order valence-electron chi connectivity index (χ0n) is 10.8. The SMILES string of the molecule is CCOC(CNC(=O)C(C)=C1CNC1)CC(=O)O. The van der Waals surface area contributed by atoms with Gasteiger partial charge in [0.1, 0.15) is 0 Å². The molecule has 6 nitrogen and oxygen atoms in total. The van der Waals surface area contributed by atoms with Crippen LogP contribution >= 0.6 is 0 Å². The van der Waals surface area contributed by atoms with E-state index in [4.69, 9.17) is 9.84 Å². The molecule has 0 bridgehead atoms. The van der Waals surface area contributed by atoms with E-state index in [9.17, 15) is 9.59 Å². The second kappa shape index (κ2) is 7.13. The van der Waals surface area contributed by atoms with E-state index in [0.29, 0.717) is 12.2 Å². The Hall–Kier alpha value is -1.40. The maximum absolute atomic E-state index is 11.8. The van der Waals surface area contributed by atoms with E-state index in [1.54, 1.807) is 13.8 Å². The predicted octanol–water partition coefficient (Wildman–Crippen LogP) is -0.0979. The van der Waals surface area contributed by atoms with E-state index in [2.05, 4.69) is 10.6 Å². The molecule has 0 spiro atoms. The molecule has 1 atom stereocenters. The van der Waals surface area contributed by atoms with Crippen LogP contribution in [0.5, 0.6) is 0 Å². The first-order valence-corrected chi connectivity index (χ1v) is 6.05. The monoisotopic (exact) mass is 256 g/mol. The Labute approximate surface area is 106 Å². The zero-order chi connectivity index (χ0) is 13.5. The van der Waals surface area contributed by atoms with Crippen molar-refractivity contribution < 1.29 is 19.4 Å². The Morgan fingerprint density at radius 3 is 2.61 bits per heavy atom. The van der Waals surface area contributed by atoms with Crippen LogP contribution in [0.3, 0.4) is 0 Å². The molecule has 1 unspecified atom stereocenters. The molecular weight excluding hydrogens is 236 g/mol. The molecule has 102 valence electrons. The van der Waals surface area contributed by atoms with Crippen molar-refractivity contribution in [3.8, 4) is 0 Å². The Bertz CT molecular complexity index is 346. The van der Waals surface area contributed by atoms with Gasteiger partial charge in [0, 0.05) is 31.8 Å². The van der Waals surface area contributed by atoms with Gasteiger partial charge in [0.05, 0.1) is 12.5 Å². The standard InChI is InChI=1S/C12H20N2O4/c1-3-18-10(4-11(15)16)7-14-12(17)8(2)9-5-13-6-9/h10,13H,3-7H2,1-2H3,(H,14,17)(H,15,16). The Balaban J connectivity index is 2.41. The molecule has 0 radical (unpaired) electrons. The summed E-state index contributed by atoms with van der Waals surface area (Å²) in [5.74, 6) is -1.08. The number of carboxylic acid groups (broad SMARTS) is 1. The highest BCUT2D eigenvalue weighted by atomic mass is 16.5. The van der Waals surface area contributed by atoms with Gasteiger partial charge in [-0.15, -0.1) is 0 Å². The molecule has 0 aromatic rings. The van der Waals surface area contributed by atoms with Gasteiger partial charge in [0.15, 0.2) is 0 Å². The second-order valence-electron chi connectivity index (χ2n) is 4.22. The fraction of sp³-hybridized carbons (Fsp3) is 0.667. The average molecular weight is 256 g/mol. The molecule has 1 aliphatic rings. The topological polar surface area (TPSA) is 87.7 Å². The van der Waals surface area contributed by atoms with Crippen molar-refractivity contribution in [2.75, 3.05) is 26.2 Å². The molecule has 0 saturated carbocycles. The molecule has 1 fully saturated rings. The minimum atomic E-state index is -0.930. The number of amides is 1. The van der Waals surface area contributed by atoms with Crippen LogP contribution in [-0.2, 0) is 14.3 Å². The maximum atomic E-state index is 11.8. The Morgan fingerprint density at radius 2 is 2.17 bits per heavy atom. The molecular formula is C12H20N2O4. The number of carboxylic acids is 1. The first-order valence-electron chi connectivity index (χ1n) is 6.05. The molecule has 1 amide bonds. The molecule has 0 aromatic carbocycles. The first kappa shape index (κ1) is 14.7. The molecule has 1 aliphatic heterocycles. The third-order valence-electron chi connectivity index (χ3n) is 2.84. The molecule has 1 heterocycles. The van der Waals surface area contributed by atoms with Gasteiger partial charge in [-0.05, 0) is 19.4 Å². The van der Waals surface area contributed by atoms with Crippen LogP contribution < -0.4 is 10.6 Å². The quantitative estimate of drug-likeness (QED) is 0.554. The number of rotatable bonds is 7. The van der Waals surface area contributed by atoms with Crippen LogP contribution in [0.25, 0.3) is 0 Å². The van der Waals surface area contributed by atoms with Crippen molar-refractivity contribution >= 4 is 11.9 Å². The van der Waals surface area contributed by atoms with Crippen LogP contribution in [0, 0.1) is 0 Å². The van der Waals surface area contributed by atoms with Crippen molar-refractivity contribution in [1.29, 1.82) is 0 Å². The van der Waals surface area contributed by atoms with E-state index in [-0.39, 0.29) is 18.9 Å². The van der Waals surface area contributed by atoms with Gasteiger partial charge in [-0.1, -0.05) is 0 Å². The molecule has 1 saturated heterocycles. The second-order valence-corrected chi connectivity index (χ2v) is 4.22. The minimum Gasteiger partial charge on any atom is -0.481 e. The fourth-order valence-corrected chi connectivity index (χ4v) is 1.64. The maximum Gasteiger partial charge on any atom is 0.306 e. The third-order valence-corrected chi connectivity index (χ3v) is 2.84. The molecule has 1 rings (SSSR count). The molecule has 18 heavy (non-hydrogen) atoms. The lowest BCUT2D eigenvalue weighted by atomic mass is 10.0. The first-order chi connectivity index (χ1) is 8.54. The van der Waals surface area contributed by atoms with E-state index >= 15 is 0 Å². The van der Waals surface area contributed by atoms with Crippen LogP contribution in [0.4, 0.5) is 0 Å². The van der Waals surface area contributed by atoms with Crippen molar-refractivity contribution in [1.82, 2.24) is 10.6 Å². The normalized spacial score (nSPS) is 15.8. The molecule has 0 aromatic heterocycles. The van der Waals surface area contributed by atoms with E-state index in [1.165, 1.54) is 0 Å². The van der Waals surface area contributed by atoms with Gasteiger partial charge >= 0.3 is 5.97 Å². The number of hydrogen-bond acceptors (Lipinski definition) is 4. The summed E-state index contributed by atoms with van der Waals surface area (Å²) in [7, 11) is 0. The highest BCUT2D eigenvalue weighted by molar-refractivity contribution is 5.94. The summed E-state index contributed by atoms with van der Waals surface area (Å²) in [5, 5.41) is 14.5. The largest absolute Gasteiger partial charge is 0.481 e. The molecule has 6 heteroatoms. The van der Waals surface area contributed by atoms with Crippen molar-refractivity contribution in [3.05, 3.63) is 11.1 Å². The van der Waals surface area contributed by atoms with E-state index in [0.717, 1.165) is 18.7 Å². The van der Waals surface area contributed by atoms with Crippen LogP contribution in [0.2, 0.25) is 0 Å². The van der Waals surface area contributed by atoms with E-state index < -0.39 is 12.1 Å². The van der Waals surface area contributed by atoms with Gasteiger partial charge in [-0.3, -0.25) is 9.59 Å². The Kier molecular flexibility index (Phi) is 5.80. The summed E-state index contributed by atoms with van der Waals surface area (Å²) in [6.07, 6.45) is -0.584. The minimum absolute atomic E-state index is 0.106. The van der Waals surface area contributed by atoms with E-state index in [1.807, 2.05) is 0 Å². The highest BCUT2D eigenvalue weighted by Crippen LogP contribution is 2.08. The van der Waals surface area contributed by atoms with Gasteiger partial charge in [0.25, 0.3) is 0 Å². The summed E-state index contributed by atoms with van der Waals surface area (Å²) in [6.45, 7) is 5.73. The number of hydrogen-bond donors (Lipinski definition) is 3. The van der Waals surface area contributed by atoms with Gasteiger partial charge in [-0.25, -0.2) is 0 Å². The summed E-state index contributed by atoms with van der Waals surface area (Å²) in [4.78, 5) is 22.4. The lowest BCUT2D eigenvalue weighted by molar-refractivity contribution is -0.140. The number of nitrogens with one attached hydrogen (secondary N) is 2. The summed E-state index contributed by atoms with van der Waals surface area (Å²) in [5.41, 5.74) is 1.80. The van der Waals surface area contributed by atoms with Crippen LogP contribution in [0.1, 0.15) is 20.3 Å². The van der Waals surface area contributed by atoms with Crippen molar-refractivity contribution in [2.24, 2.45) is 0 Å². The molecule has 0 aliphatic carbocycles. The van der Waals surface area contributed by atoms with Gasteiger partial charge in [-0.2, -0.15) is 0 Å². The number of aliphatic carboxylic acids is 1. The third kappa shape index (κ3) is 4.46. The van der Waals surface area contributed by atoms with Gasteiger partial charge in [0.2, 0.25) is 5.91 Å². The number of carbonyl (C=O) groups is 2. The van der Waals surface area contributed by atoms with Crippen LogP contribution in [-0.4, -0.2) is 49.3 Å². The smallest absolute Gasteiger partial charge is 0.306 e. The zero-order valence-corrected chi connectivity index (χ0v) is 10.8.